The molecule has 0 spiro atoms. The lowest BCUT2D eigenvalue weighted by Gasteiger charge is -2.12. The number of anilines is 1. The third kappa shape index (κ3) is 4.30. The van der Waals surface area contributed by atoms with E-state index in [4.69, 9.17) is 10.5 Å². The van der Waals surface area contributed by atoms with Crippen LogP contribution in [0.15, 0.2) is 59.7 Å². The summed E-state index contributed by atoms with van der Waals surface area (Å²) in [5, 5.41) is 25.3. The monoisotopic (exact) mass is 448 g/mol. The maximum absolute atomic E-state index is 13.0. The van der Waals surface area contributed by atoms with Gasteiger partial charge in [-0.1, -0.05) is 36.1 Å². The SMILES string of the molecule is C=C(NNC(=O)c1nnn(-c2nonc2N)c1-c1cccc(OCC)c1)c1ccccc1O. The first kappa shape index (κ1) is 21.4. The van der Waals surface area contributed by atoms with Crippen molar-refractivity contribution in [1.29, 1.82) is 0 Å². The van der Waals surface area contributed by atoms with Gasteiger partial charge in [0.05, 0.1) is 12.3 Å². The number of hydrogen-bond donors (Lipinski definition) is 4. The molecule has 0 aliphatic heterocycles. The highest BCUT2D eigenvalue weighted by molar-refractivity contribution is 5.98. The minimum Gasteiger partial charge on any atom is -0.507 e. The van der Waals surface area contributed by atoms with Crippen LogP contribution in [-0.2, 0) is 0 Å². The molecular formula is C21H20N8O4. The van der Waals surface area contributed by atoms with Crippen LogP contribution in [0.2, 0.25) is 0 Å². The van der Waals surface area contributed by atoms with Gasteiger partial charge in [-0.25, -0.2) is 4.63 Å². The summed E-state index contributed by atoms with van der Waals surface area (Å²) in [7, 11) is 0. The molecule has 2 aromatic heterocycles. The van der Waals surface area contributed by atoms with Crippen LogP contribution in [0.25, 0.3) is 22.8 Å². The number of hydrogen-bond acceptors (Lipinski definition) is 10. The van der Waals surface area contributed by atoms with Gasteiger partial charge in [0.1, 0.15) is 17.2 Å². The molecule has 2 aromatic carbocycles. The summed E-state index contributed by atoms with van der Waals surface area (Å²) in [6, 6.07) is 13.6. The molecule has 0 aliphatic rings. The summed E-state index contributed by atoms with van der Waals surface area (Å²) in [6.07, 6.45) is 0. The summed E-state index contributed by atoms with van der Waals surface area (Å²) in [5.74, 6) is 0.0266. The lowest BCUT2D eigenvalue weighted by molar-refractivity contribution is 0.0938. The first-order valence-electron chi connectivity index (χ1n) is 9.80. The van der Waals surface area contributed by atoms with E-state index in [1.807, 2.05) is 6.92 Å². The molecule has 0 atom stereocenters. The summed E-state index contributed by atoms with van der Waals surface area (Å²) in [6.45, 7) is 6.16. The molecule has 0 aliphatic carbocycles. The van der Waals surface area contributed by atoms with Crippen molar-refractivity contribution >= 4 is 17.4 Å². The Morgan fingerprint density at radius 3 is 2.76 bits per heavy atom. The Morgan fingerprint density at radius 1 is 1.21 bits per heavy atom. The molecule has 0 saturated heterocycles. The van der Waals surface area contributed by atoms with E-state index in [0.717, 1.165) is 0 Å². The van der Waals surface area contributed by atoms with Gasteiger partial charge in [-0.15, -0.1) is 5.10 Å². The number of carbonyl (C=O) groups is 1. The Morgan fingerprint density at radius 2 is 2.03 bits per heavy atom. The predicted octanol–water partition coefficient (Wildman–Crippen LogP) is 1.91. The molecule has 0 unspecified atom stereocenters. The lowest BCUT2D eigenvalue weighted by Crippen LogP contribution is -2.36. The van der Waals surface area contributed by atoms with E-state index in [0.29, 0.717) is 23.5 Å². The molecule has 1 amide bonds. The maximum Gasteiger partial charge on any atom is 0.292 e. The van der Waals surface area contributed by atoms with Crippen molar-refractivity contribution < 1.29 is 19.3 Å². The van der Waals surface area contributed by atoms with Crippen LogP contribution in [-0.4, -0.2) is 42.9 Å². The zero-order valence-electron chi connectivity index (χ0n) is 17.5. The number of rotatable bonds is 8. The topological polar surface area (TPSA) is 166 Å². The Kier molecular flexibility index (Phi) is 5.89. The largest absolute Gasteiger partial charge is 0.507 e. The van der Waals surface area contributed by atoms with Crippen molar-refractivity contribution in [2.75, 3.05) is 12.3 Å². The highest BCUT2D eigenvalue weighted by Gasteiger charge is 2.25. The fourth-order valence-corrected chi connectivity index (χ4v) is 3.07. The van der Waals surface area contributed by atoms with Crippen LogP contribution in [0.3, 0.4) is 0 Å². The van der Waals surface area contributed by atoms with Gasteiger partial charge < -0.3 is 15.6 Å². The number of amides is 1. The number of aromatic hydroxyl groups is 1. The molecular weight excluding hydrogens is 428 g/mol. The summed E-state index contributed by atoms with van der Waals surface area (Å²) in [4.78, 5) is 13.0. The number of nitrogen functional groups attached to an aromatic ring is 1. The van der Waals surface area contributed by atoms with Gasteiger partial charge in [0.15, 0.2) is 5.69 Å². The molecule has 168 valence electrons. The Bertz CT molecular complexity index is 1310. The highest BCUT2D eigenvalue weighted by atomic mass is 16.6. The molecule has 0 radical (unpaired) electrons. The number of benzene rings is 2. The minimum atomic E-state index is -0.621. The second kappa shape index (κ2) is 9.09. The van der Waals surface area contributed by atoms with Gasteiger partial charge in [-0.05, 0) is 41.5 Å². The molecule has 4 aromatic rings. The first-order valence-corrected chi connectivity index (χ1v) is 9.80. The van der Waals surface area contributed by atoms with Crippen LogP contribution in [0.1, 0.15) is 23.0 Å². The second-order valence-corrected chi connectivity index (χ2v) is 6.71. The molecule has 33 heavy (non-hydrogen) atoms. The number of carbonyl (C=O) groups excluding carboxylic acids is 1. The number of phenolic OH excluding ortho intramolecular Hbond substituents is 1. The van der Waals surface area contributed by atoms with E-state index in [9.17, 15) is 9.90 Å². The second-order valence-electron chi connectivity index (χ2n) is 6.71. The Balaban J connectivity index is 1.68. The first-order chi connectivity index (χ1) is 16.0. The number of nitrogens with two attached hydrogens (primary N) is 1. The molecule has 2 heterocycles. The van der Waals surface area contributed by atoms with Crippen LogP contribution >= 0.6 is 0 Å². The third-order valence-corrected chi connectivity index (χ3v) is 4.56. The van der Waals surface area contributed by atoms with Gasteiger partial charge in [-0.3, -0.25) is 15.6 Å². The number of phenols is 1. The van der Waals surface area contributed by atoms with Crippen LogP contribution in [0.4, 0.5) is 5.82 Å². The van der Waals surface area contributed by atoms with Crippen LogP contribution in [0.5, 0.6) is 11.5 Å². The number of para-hydroxylation sites is 1. The van der Waals surface area contributed by atoms with Crippen LogP contribution in [0, 0.1) is 0 Å². The van der Waals surface area contributed by atoms with E-state index >= 15 is 0 Å². The summed E-state index contributed by atoms with van der Waals surface area (Å²) in [5.41, 5.74) is 12.5. The average Bonchev–Trinajstić information content (AvgIpc) is 3.44. The number of aromatic nitrogens is 5. The predicted molar refractivity (Wildman–Crippen MR) is 118 cm³/mol. The van der Waals surface area contributed by atoms with E-state index < -0.39 is 5.91 Å². The number of ether oxygens (including phenoxy) is 1. The van der Waals surface area contributed by atoms with Crippen molar-refractivity contribution in [3.63, 3.8) is 0 Å². The Hall–Kier alpha value is -4.87. The van der Waals surface area contributed by atoms with E-state index in [1.54, 1.807) is 42.5 Å². The van der Waals surface area contributed by atoms with E-state index in [2.05, 4.69) is 42.7 Å². The molecule has 4 rings (SSSR count). The standard InChI is InChI=1S/C21H20N8O4/c1-3-32-14-8-6-7-13(11-14)18-17(24-28-29(18)20-19(22)26-33-27-20)21(31)25-23-12(2)15-9-4-5-10-16(15)30/h4-11,23,30H,2-3H2,1H3,(H2,22,26)(H,25,31). The van der Waals surface area contributed by atoms with Crippen LogP contribution < -0.4 is 21.3 Å². The summed E-state index contributed by atoms with van der Waals surface area (Å²) < 4.78 is 11.5. The maximum atomic E-state index is 13.0. The quantitative estimate of drug-likeness (QED) is 0.292. The van der Waals surface area contributed by atoms with Crippen molar-refractivity contribution in [3.8, 4) is 28.6 Å². The number of nitrogens with one attached hydrogen (secondary N) is 2. The minimum absolute atomic E-state index is 0.0117. The normalized spacial score (nSPS) is 10.6. The van der Waals surface area contributed by atoms with Crippen molar-refractivity contribution in [2.45, 2.75) is 6.92 Å². The van der Waals surface area contributed by atoms with E-state index in [-0.39, 0.29) is 34.5 Å². The lowest BCUT2D eigenvalue weighted by atomic mass is 10.1. The van der Waals surface area contributed by atoms with Gasteiger partial charge in [0.25, 0.3) is 5.91 Å². The smallest absolute Gasteiger partial charge is 0.292 e. The summed E-state index contributed by atoms with van der Waals surface area (Å²) >= 11 is 0. The van der Waals surface area contributed by atoms with Gasteiger partial charge in [-0.2, -0.15) is 4.68 Å². The van der Waals surface area contributed by atoms with Crippen molar-refractivity contribution in [1.82, 2.24) is 36.2 Å². The van der Waals surface area contributed by atoms with Gasteiger partial charge in [0.2, 0.25) is 11.6 Å². The van der Waals surface area contributed by atoms with E-state index in [1.165, 1.54) is 10.7 Å². The zero-order chi connectivity index (χ0) is 23.4. The fourth-order valence-electron chi connectivity index (χ4n) is 3.07. The number of hydrazine groups is 1. The zero-order valence-corrected chi connectivity index (χ0v) is 17.5. The van der Waals surface area contributed by atoms with Crippen molar-refractivity contribution in [3.05, 3.63) is 66.4 Å². The van der Waals surface area contributed by atoms with Gasteiger partial charge in [0, 0.05) is 11.1 Å². The highest BCUT2D eigenvalue weighted by Crippen LogP contribution is 2.29. The van der Waals surface area contributed by atoms with Crippen molar-refractivity contribution in [2.24, 2.45) is 0 Å². The molecule has 0 fully saturated rings. The van der Waals surface area contributed by atoms with Gasteiger partial charge >= 0.3 is 0 Å². The molecule has 5 N–H and O–H groups in total. The molecule has 12 heteroatoms. The molecule has 0 saturated carbocycles. The molecule has 12 nitrogen and oxygen atoms in total. The molecule has 0 bridgehead atoms. The Labute approximate surface area is 187 Å². The third-order valence-electron chi connectivity index (χ3n) is 4.56. The average molecular weight is 448 g/mol. The number of nitrogens with zero attached hydrogens (tertiary/aromatic N) is 5. The fraction of sp³-hybridized carbons (Fsp3) is 0.0952.